The zero-order valence-electron chi connectivity index (χ0n) is 65.4. The van der Waals surface area contributed by atoms with Crippen molar-refractivity contribution in [3.63, 3.8) is 0 Å². The lowest BCUT2D eigenvalue weighted by atomic mass is 9.33. The summed E-state index contributed by atoms with van der Waals surface area (Å²) in [7, 11) is 0. The molecule has 0 atom stereocenters. The van der Waals surface area contributed by atoms with E-state index in [1.165, 1.54) is 198 Å². The zero-order chi connectivity index (χ0) is 78.6. The van der Waals surface area contributed by atoms with Crippen LogP contribution in [-0.2, 0) is 0 Å². The van der Waals surface area contributed by atoms with Crippen LogP contribution in [0.5, 0.6) is 11.5 Å². The van der Waals surface area contributed by atoms with Crippen LogP contribution in [0.2, 0.25) is 0 Å². The summed E-state index contributed by atoms with van der Waals surface area (Å²) in [5, 5.41) is 14.8. The van der Waals surface area contributed by atoms with Crippen LogP contribution in [0.4, 0.5) is 51.2 Å². The van der Waals surface area contributed by atoms with Crippen molar-refractivity contribution in [3.05, 3.63) is 431 Å². The van der Waals surface area contributed by atoms with Gasteiger partial charge in [-0.2, -0.15) is 0 Å². The fourth-order valence-corrected chi connectivity index (χ4v) is 21.1. The number of hydrogen-bond donors (Lipinski definition) is 0. The first-order valence-electron chi connectivity index (χ1n) is 41.7. The first-order chi connectivity index (χ1) is 59.6. The molecule has 0 saturated heterocycles. The van der Waals surface area contributed by atoms with Gasteiger partial charge in [-0.1, -0.05) is 340 Å². The van der Waals surface area contributed by atoms with Crippen molar-refractivity contribution >= 4 is 162 Å². The molecule has 21 aromatic rings. The second kappa shape index (κ2) is 27.1. The van der Waals surface area contributed by atoms with Crippen LogP contribution in [0.15, 0.2) is 431 Å². The summed E-state index contributed by atoms with van der Waals surface area (Å²) >= 11 is 0. The van der Waals surface area contributed by atoms with Gasteiger partial charge in [0.2, 0.25) is 0 Å². The van der Waals surface area contributed by atoms with Crippen molar-refractivity contribution in [1.29, 1.82) is 0 Å². The number of hydrogen-bond acceptors (Lipinski definition) is 4. The molecule has 0 spiro atoms. The second-order valence-electron chi connectivity index (χ2n) is 32.3. The van der Waals surface area contributed by atoms with E-state index in [1.54, 1.807) is 0 Å². The van der Waals surface area contributed by atoms with Crippen molar-refractivity contribution in [2.75, 3.05) is 14.7 Å². The first kappa shape index (κ1) is 67.8. The SMILES string of the molecule is c1ccc(-c2c3ccccc3c(-c3ccc(N4c5ccccc5B5c6ccccc6N(c6ccc(-c7c8ccccc8c(-c8ccc(-c9cccc(-c%10c%11ccccc%11c(-c%11ccc(N%12c%13ccccc%13B%13c%14ccccc%14Oc%14cccc%12c%14%13)cc%11)c%11ccccc%10%11)c9)cc8)c8ccccc78)cc6)c6cccc4c65)cc3)c3ccccc23)cc1. The van der Waals surface area contributed by atoms with Crippen LogP contribution >= 0.6 is 0 Å². The summed E-state index contributed by atoms with van der Waals surface area (Å²) in [5.74, 6) is 1.83. The standard InChI is InChI=1S/C114H71B2N3O/c1-2-27-73(28-3-1)107-83-31-4-6-33-85(83)109(86-34-7-5-32-84(86)107)75-59-65-80(66-60-75)117-99-47-20-16-43-95(99)115-96-44-17-21-48-100(96)118(103-51-25-50-102(117)113(103)115)81-67-61-76(62-68-81)110-89-37-10-8-35-87(89)108(88-36-9-11-38-90(88)110)74-57-55-72(56-58-74)78-29-24-30-79(71-78)112-93-41-14-12-39-91(93)111(92-40-13-15-42-94(92)112)77-63-69-82(70-64-77)119-101-49-22-18-45-97(101)116-98-46-19-23-53-105(98)120-106-54-26-52-104(119)114(106)116/h1-71H. The Kier molecular flexibility index (Phi) is 15.3. The Balaban J connectivity index is 0.538. The monoisotopic (exact) mass is 1520 g/mol. The van der Waals surface area contributed by atoms with Crippen molar-refractivity contribution in [1.82, 2.24) is 0 Å². The van der Waals surface area contributed by atoms with Gasteiger partial charge in [-0.05, 0) is 266 Å². The summed E-state index contributed by atoms with van der Waals surface area (Å²) in [4.78, 5) is 7.43. The number of nitrogens with zero attached hydrogens (tertiary/aromatic N) is 3. The minimum atomic E-state index is 0.0208. The van der Waals surface area contributed by atoms with Gasteiger partial charge < -0.3 is 19.4 Å². The van der Waals surface area contributed by atoms with Crippen LogP contribution < -0.4 is 52.2 Å². The largest absolute Gasteiger partial charge is 0.458 e. The topological polar surface area (TPSA) is 19.0 Å². The first-order valence-corrected chi connectivity index (χ1v) is 41.7. The van der Waals surface area contributed by atoms with Gasteiger partial charge in [-0.25, -0.2) is 0 Å². The normalized spacial score (nSPS) is 12.8. The van der Waals surface area contributed by atoms with E-state index in [1.807, 2.05) is 0 Å². The molecule has 6 heteroatoms. The van der Waals surface area contributed by atoms with Crippen molar-refractivity contribution in [2.24, 2.45) is 0 Å². The van der Waals surface area contributed by atoms with Gasteiger partial charge in [0, 0.05) is 51.2 Å². The van der Waals surface area contributed by atoms with Gasteiger partial charge >= 0.3 is 0 Å². The molecule has 0 fully saturated rings. The highest BCUT2D eigenvalue weighted by atomic mass is 16.5. The van der Waals surface area contributed by atoms with Crippen molar-refractivity contribution in [3.8, 4) is 89.4 Å². The fourth-order valence-electron chi connectivity index (χ4n) is 21.1. The summed E-state index contributed by atoms with van der Waals surface area (Å²) < 4.78 is 6.64. The average Bonchev–Trinajstić information content (AvgIpc) is 0.734. The Bertz CT molecular complexity index is 7670. The third-order valence-corrected chi connectivity index (χ3v) is 26.1. The predicted molar refractivity (Wildman–Crippen MR) is 509 cm³/mol. The van der Waals surface area contributed by atoms with Gasteiger partial charge in [-0.15, -0.1) is 0 Å². The molecule has 120 heavy (non-hydrogen) atoms. The Morgan fingerprint density at radius 1 is 0.158 bits per heavy atom. The van der Waals surface area contributed by atoms with Crippen LogP contribution in [0.25, 0.3) is 143 Å². The van der Waals surface area contributed by atoms with Gasteiger partial charge in [-0.3, -0.25) is 0 Å². The van der Waals surface area contributed by atoms with Gasteiger partial charge in [0.25, 0.3) is 13.4 Å². The summed E-state index contributed by atoms with van der Waals surface area (Å²) in [6.07, 6.45) is 0. The van der Waals surface area contributed by atoms with Crippen molar-refractivity contribution in [2.45, 2.75) is 0 Å². The second-order valence-corrected chi connectivity index (χ2v) is 32.3. The molecule has 0 saturated carbocycles. The minimum Gasteiger partial charge on any atom is -0.458 e. The van der Waals surface area contributed by atoms with E-state index in [9.17, 15) is 0 Å². The van der Waals surface area contributed by atoms with E-state index in [2.05, 4.69) is 445 Å². The number of ether oxygens (including phenoxy) is 1. The van der Waals surface area contributed by atoms with E-state index in [4.69, 9.17) is 4.74 Å². The number of fused-ring (bicyclic) bond motifs is 14. The smallest absolute Gasteiger partial charge is 0.256 e. The number of benzene rings is 21. The molecule has 0 aromatic heterocycles. The fraction of sp³-hybridized carbons (Fsp3) is 0. The molecule has 0 radical (unpaired) electrons. The lowest BCUT2D eigenvalue weighted by Crippen LogP contribution is -2.61. The highest BCUT2D eigenvalue weighted by Gasteiger charge is 2.44. The number of para-hydroxylation sites is 4. The molecule has 0 N–H and O–H groups in total. The number of anilines is 9. The molecular formula is C114H71B2N3O. The molecule has 0 unspecified atom stereocenters. The van der Waals surface area contributed by atoms with Crippen molar-refractivity contribution < 1.29 is 4.74 Å². The zero-order valence-corrected chi connectivity index (χ0v) is 65.4. The molecule has 0 amide bonds. The third kappa shape index (κ3) is 10.3. The van der Waals surface area contributed by atoms with Crippen LogP contribution in [0.3, 0.4) is 0 Å². The molecule has 4 nitrogen and oxygen atoms in total. The summed E-state index contributed by atoms with van der Waals surface area (Å²) in [6, 6.07) is 160. The highest BCUT2D eigenvalue weighted by Crippen LogP contribution is 2.52. The third-order valence-electron chi connectivity index (χ3n) is 26.1. The average molecular weight is 1520 g/mol. The van der Waals surface area contributed by atoms with E-state index >= 15 is 0 Å². The molecule has 25 rings (SSSR count). The molecule has 21 aromatic carbocycles. The number of rotatable bonds is 10. The molecular weight excluding hydrogens is 1450 g/mol. The minimum absolute atomic E-state index is 0.0208. The Labute approximate surface area is 696 Å². The molecule has 4 aliphatic heterocycles. The van der Waals surface area contributed by atoms with E-state index < -0.39 is 0 Å². The van der Waals surface area contributed by atoms with Crippen LogP contribution in [0, 0.1) is 0 Å². The van der Waals surface area contributed by atoms with E-state index in [-0.39, 0.29) is 13.4 Å². The van der Waals surface area contributed by atoms with Gasteiger partial charge in [0.1, 0.15) is 11.5 Å². The molecule has 0 bridgehead atoms. The highest BCUT2D eigenvalue weighted by molar-refractivity contribution is 7.00. The van der Waals surface area contributed by atoms with E-state index in [0.717, 1.165) is 39.8 Å². The maximum absolute atomic E-state index is 6.64. The quantitative estimate of drug-likeness (QED) is 0.100. The molecule has 4 heterocycles. The Hall–Kier alpha value is -15.5. The Morgan fingerprint density at radius 3 is 0.783 bits per heavy atom. The predicted octanol–water partition coefficient (Wildman–Crippen LogP) is 26.8. The lowest BCUT2D eigenvalue weighted by Gasteiger charge is -2.44. The lowest BCUT2D eigenvalue weighted by molar-refractivity contribution is 0.487. The molecule has 0 aliphatic carbocycles. The van der Waals surface area contributed by atoms with E-state index in [0.29, 0.717) is 0 Å². The maximum atomic E-state index is 6.64. The maximum Gasteiger partial charge on any atom is 0.256 e. The van der Waals surface area contributed by atoms with Gasteiger partial charge in [0.05, 0.1) is 0 Å². The van der Waals surface area contributed by atoms with Gasteiger partial charge in [0.15, 0.2) is 0 Å². The van der Waals surface area contributed by atoms with Crippen LogP contribution in [0.1, 0.15) is 0 Å². The summed E-state index contributed by atoms with van der Waals surface area (Å²) in [5.41, 5.74) is 34.9. The molecule has 554 valence electrons. The summed E-state index contributed by atoms with van der Waals surface area (Å²) in [6.45, 7) is 0.0948. The van der Waals surface area contributed by atoms with Crippen LogP contribution in [-0.4, -0.2) is 13.4 Å². The Morgan fingerprint density at radius 2 is 0.400 bits per heavy atom. The molecule has 4 aliphatic rings.